The van der Waals surface area contributed by atoms with E-state index in [0.29, 0.717) is 11.1 Å². The molecule has 2 rings (SSSR count). The van der Waals surface area contributed by atoms with Crippen LogP contribution in [0.5, 0.6) is 0 Å². The zero-order chi connectivity index (χ0) is 9.42. The first-order chi connectivity index (χ1) is 6.18. The maximum atomic E-state index is 5.92. The fourth-order valence-electron chi connectivity index (χ4n) is 1.05. The summed E-state index contributed by atoms with van der Waals surface area (Å²) in [7, 11) is 3.78. The summed E-state index contributed by atoms with van der Waals surface area (Å²) in [5.74, 6) is 0.660. The minimum absolute atomic E-state index is 0.568. The van der Waals surface area contributed by atoms with Crippen molar-refractivity contribution in [1.29, 1.82) is 0 Å². The molecule has 0 unspecified atom stereocenters. The van der Waals surface area contributed by atoms with E-state index in [9.17, 15) is 0 Å². The highest BCUT2D eigenvalue weighted by Crippen LogP contribution is 2.13. The Labute approximate surface area is 80.8 Å². The Balaban J connectivity index is 2.68. The van der Waals surface area contributed by atoms with Crippen LogP contribution in [-0.4, -0.2) is 28.7 Å². The lowest BCUT2D eigenvalue weighted by Crippen LogP contribution is -2.10. The summed E-state index contributed by atoms with van der Waals surface area (Å²) in [5.41, 5.74) is 0.760. The summed E-state index contributed by atoms with van der Waals surface area (Å²) in [4.78, 5) is 6.10. The molecule has 4 nitrogen and oxygen atoms in total. The van der Waals surface area contributed by atoms with Crippen LogP contribution in [0.2, 0.25) is 5.15 Å². The summed E-state index contributed by atoms with van der Waals surface area (Å²) in [6, 6.07) is 5.50. The fraction of sp³-hybridized carbons (Fsp3) is 0.250. The topological polar surface area (TPSA) is 33.4 Å². The Morgan fingerprint density at radius 2 is 2.15 bits per heavy atom. The number of fused-ring (bicyclic) bond motifs is 1. The van der Waals surface area contributed by atoms with Gasteiger partial charge in [-0.05, 0) is 12.1 Å². The number of pyridine rings is 1. The van der Waals surface area contributed by atoms with Crippen LogP contribution in [0, 0.1) is 0 Å². The van der Waals surface area contributed by atoms with Gasteiger partial charge in [0, 0.05) is 14.1 Å². The van der Waals surface area contributed by atoms with Gasteiger partial charge in [-0.2, -0.15) is 4.98 Å². The predicted molar refractivity (Wildman–Crippen MR) is 52.3 cm³/mol. The Kier molecular flexibility index (Phi) is 1.84. The Bertz CT molecular complexity index is 435. The molecule has 2 aromatic rings. The van der Waals surface area contributed by atoms with E-state index in [2.05, 4.69) is 10.1 Å². The molecule has 0 atom stereocenters. The second-order valence-electron chi connectivity index (χ2n) is 2.92. The van der Waals surface area contributed by atoms with Gasteiger partial charge in [0.2, 0.25) is 5.95 Å². The van der Waals surface area contributed by atoms with Crippen molar-refractivity contribution in [2.45, 2.75) is 0 Å². The molecular weight excluding hydrogens is 188 g/mol. The molecule has 5 heteroatoms. The molecule has 0 aliphatic heterocycles. The number of rotatable bonds is 1. The first-order valence-electron chi connectivity index (χ1n) is 3.87. The number of hydrogen-bond donors (Lipinski definition) is 0. The molecule has 0 fully saturated rings. The molecule has 0 aromatic carbocycles. The molecule has 2 heterocycles. The summed E-state index contributed by atoms with van der Waals surface area (Å²) < 4.78 is 1.61. The standard InChI is InChI=1S/C8H9ClN4/c1-12(2)8-10-7-5-3-4-6(9)13(7)11-8/h3-5H,1-2H3. The zero-order valence-corrected chi connectivity index (χ0v) is 8.15. The normalized spacial score (nSPS) is 10.7. The number of halogens is 1. The van der Waals surface area contributed by atoms with Crippen LogP contribution in [0.15, 0.2) is 18.2 Å². The van der Waals surface area contributed by atoms with Gasteiger partial charge in [0.1, 0.15) is 5.15 Å². The highest BCUT2D eigenvalue weighted by Gasteiger charge is 2.05. The van der Waals surface area contributed by atoms with Gasteiger partial charge in [0.25, 0.3) is 0 Å². The maximum Gasteiger partial charge on any atom is 0.245 e. The lowest BCUT2D eigenvalue weighted by atomic mass is 10.5. The summed E-state index contributed by atoms with van der Waals surface area (Å²) in [6.07, 6.45) is 0. The summed E-state index contributed by atoms with van der Waals surface area (Å²) in [5, 5.41) is 4.78. The van der Waals surface area contributed by atoms with Crippen molar-refractivity contribution in [2.24, 2.45) is 0 Å². The van der Waals surface area contributed by atoms with Gasteiger partial charge in [-0.15, -0.1) is 5.10 Å². The minimum Gasteiger partial charge on any atom is -0.346 e. The van der Waals surface area contributed by atoms with Crippen LogP contribution in [0.25, 0.3) is 5.65 Å². The van der Waals surface area contributed by atoms with Gasteiger partial charge < -0.3 is 4.90 Å². The van der Waals surface area contributed by atoms with Gasteiger partial charge in [0.15, 0.2) is 5.65 Å². The molecule has 0 amide bonds. The van der Waals surface area contributed by atoms with Crippen LogP contribution in [-0.2, 0) is 0 Å². The van der Waals surface area contributed by atoms with Crippen molar-refractivity contribution in [2.75, 3.05) is 19.0 Å². The molecule has 0 aliphatic carbocycles. The van der Waals surface area contributed by atoms with E-state index in [1.807, 2.05) is 31.1 Å². The van der Waals surface area contributed by atoms with E-state index in [1.54, 1.807) is 10.6 Å². The van der Waals surface area contributed by atoms with Crippen LogP contribution >= 0.6 is 11.6 Å². The van der Waals surface area contributed by atoms with E-state index in [0.717, 1.165) is 5.65 Å². The van der Waals surface area contributed by atoms with Crippen molar-refractivity contribution in [3.05, 3.63) is 23.4 Å². The van der Waals surface area contributed by atoms with Crippen molar-refractivity contribution in [1.82, 2.24) is 14.6 Å². The van der Waals surface area contributed by atoms with Crippen molar-refractivity contribution in [3.63, 3.8) is 0 Å². The summed E-state index contributed by atoms with van der Waals surface area (Å²) >= 11 is 5.92. The second kappa shape index (κ2) is 2.88. The average molecular weight is 197 g/mol. The minimum atomic E-state index is 0.568. The van der Waals surface area contributed by atoms with Gasteiger partial charge in [0.05, 0.1) is 0 Å². The highest BCUT2D eigenvalue weighted by molar-refractivity contribution is 6.29. The van der Waals surface area contributed by atoms with E-state index >= 15 is 0 Å². The average Bonchev–Trinajstić information content (AvgIpc) is 2.49. The third-order valence-corrected chi connectivity index (χ3v) is 1.99. The molecule has 0 spiro atoms. The van der Waals surface area contributed by atoms with Gasteiger partial charge in [-0.3, -0.25) is 0 Å². The van der Waals surface area contributed by atoms with E-state index in [1.165, 1.54) is 0 Å². The predicted octanol–water partition coefficient (Wildman–Crippen LogP) is 1.45. The van der Waals surface area contributed by atoms with Gasteiger partial charge in [-0.25, -0.2) is 4.52 Å². The molecule has 0 saturated carbocycles. The number of anilines is 1. The molecule has 0 N–H and O–H groups in total. The number of hydrogen-bond acceptors (Lipinski definition) is 3. The first kappa shape index (κ1) is 8.31. The molecule has 2 aromatic heterocycles. The molecule has 0 radical (unpaired) electrons. The smallest absolute Gasteiger partial charge is 0.245 e. The highest BCUT2D eigenvalue weighted by atomic mass is 35.5. The van der Waals surface area contributed by atoms with Gasteiger partial charge in [-0.1, -0.05) is 17.7 Å². The van der Waals surface area contributed by atoms with Crippen molar-refractivity contribution >= 4 is 23.2 Å². The summed E-state index contributed by atoms with van der Waals surface area (Å²) in [6.45, 7) is 0. The second-order valence-corrected chi connectivity index (χ2v) is 3.31. The zero-order valence-electron chi connectivity index (χ0n) is 7.40. The molecule has 0 aliphatic rings. The van der Waals surface area contributed by atoms with Crippen molar-refractivity contribution < 1.29 is 0 Å². The third-order valence-electron chi connectivity index (χ3n) is 1.70. The SMILES string of the molecule is CN(C)c1nc2cccc(Cl)n2n1. The first-order valence-corrected chi connectivity index (χ1v) is 4.25. The Morgan fingerprint density at radius 1 is 1.38 bits per heavy atom. The van der Waals surface area contributed by atoms with Gasteiger partial charge >= 0.3 is 0 Å². The van der Waals surface area contributed by atoms with Crippen LogP contribution in [0.3, 0.4) is 0 Å². The monoisotopic (exact) mass is 196 g/mol. The van der Waals surface area contributed by atoms with E-state index in [4.69, 9.17) is 11.6 Å². The quantitative estimate of drug-likeness (QED) is 0.648. The number of aromatic nitrogens is 3. The lowest BCUT2D eigenvalue weighted by Gasteiger charge is -2.03. The molecule has 0 saturated heterocycles. The van der Waals surface area contributed by atoms with Crippen molar-refractivity contribution in [3.8, 4) is 0 Å². The van der Waals surface area contributed by atoms with Crippen LogP contribution < -0.4 is 4.90 Å². The maximum absolute atomic E-state index is 5.92. The van der Waals surface area contributed by atoms with E-state index in [-0.39, 0.29) is 0 Å². The largest absolute Gasteiger partial charge is 0.346 e. The Morgan fingerprint density at radius 3 is 2.77 bits per heavy atom. The molecule has 0 bridgehead atoms. The van der Waals surface area contributed by atoms with E-state index < -0.39 is 0 Å². The fourth-order valence-corrected chi connectivity index (χ4v) is 1.25. The Hall–Kier alpha value is -1.29. The third kappa shape index (κ3) is 1.33. The lowest BCUT2D eigenvalue weighted by molar-refractivity contribution is 0.927. The van der Waals surface area contributed by atoms with Crippen LogP contribution in [0.1, 0.15) is 0 Å². The molecule has 68 valence electrons. The molecule has 13 heavy (non-hydrogen) atoms. The number of nitrogens with zero attached hydrogens (tertiary/aromatic N) is 4. The molecular formula is C8H9ClN4. The van der Waals surface area contributed by atoms with Crippen LogP contribution in [0.4, 0.5) is 5.95 Å².